The summed E-state index contributed by atoms with van der Waals surface area (Å²) in [5.74, 6) is 5.54. The Morgan fingerprint density at radius 3 is 2.52 bits per heavy atom. The van der Waals surface area contributed by atoms with Crippen LogP contribution in [0.4, 0.5) is 0 Å². The smallest absolute Gasteiger partial charge is 0.244 e. The van der Waals surface area contributed by atoms with Crippen LogP contribution in [-0.4, -0.2) is 31.9 Å². The molecule has 6 heteroatoms. The van der Waals surface area contributed by atoms with Crippen LogP contribution in [0, 0.1) is 11.8 Å². The minimum Gasteiger partial charge on any atom is -0.320 e. The molecule has 2 N–H and O–H groups in total. The van der Waals surface area contributed by atoms with Crippen LogP contribution in [0.3, 0.4) is 0 Å². The highest BCUT2D eigenvalue weighted by atomic mass is 35.5. The second-order valence-corrected chi connectivity index (χ2v) is 6.88. The predicted octanol–water partition coefficient (Wildman–Crippen LogP) is 2.46. The maximum atomic E-state index is 12.7. The van der Waals surface area contributed by atoms with Crippen molar-refractivity contribution in [3.63, 3.8) is 0 Å². The van der Waals surface area contributed by atoms with Gasteiger partial charge in [-0.2, -0.15) is 4.31 Å². The molecule has 1 unspecified atom stereocenters. The van der Waals surface area contributed by atoms with Crippen LogP contribution < -0.4 is 5.73 Å². The van der Waals surface area contributed by atoms with Gasteiger partial charge in [-0.05, 0) is 31.5 Å². The van der Waals surface area contributed by atoms with Crippen molar-refractivity contribution >= 4 is 21.6 Å². The number of hydrogen-bond donors (Lipinski definition) is 1. The molecule has 116 valence electrons. The average Bonchev–Trinajstić information content (AvgIpc) is 2.45. The fourth-order valence-electron chi connectivity index (χ4n) is 1.99. The average molecular weight is 329 g/mol. The van der Waals surface area contributed by atoms with E-state index in [9.17, 15) is 8.42 Å². The van der Waals surface area contributed by atoms with Crippen molar-refractivity contribution in [1.82, 2.24) is 4.31 Å². The number of sulfonamides is 1. The lowest BCUT2D eigenvalue weighted by atomic mass is 10.2. The quantitative estimate of drug-likeness (QED) is 0.844. The van der Waals surface area contributed by atoms with Crippen LogP contribution in [0.1, 0.15) is 32.8 Å². The van der Waals surface area contributed by atoms with E-state index in [4.69, 9.17) is 17.3 Å². The van der Waals surface area contributed by atoms with Crippen LogP contribution in [-0.2, 0) is 10.0 Å². The van der Waals surface area contributed by atoms with E-state index in [0.717, 1.165) is 6.42 Å². The zero-order valence-electron chi connectivity index (χ0n) is 12.6. The van der Waals surface area contributed by atoms with Gasteiger partial charge in [-0.15, -0.1) is 0 Å². The van der Waals surface area contributed by atoms with Crippen LogP contribution in [0.15, 0.2) is 23.1 Å². The highest BCUT2D eigenvalue weighted by molar-refractivity contribution is 7.89. The molecule has 0 aliphatic carbocycles. The first kappa shape index (κ1) is 18.0. The Labute approximate surface area is 132 Å². The fraction of sp³-hybridized carbons (Fsp3) is 0.467. The van der Waals surface area contributed by atoms with E-state index in [2.05, 4.69) is 11.8 Å². The van der Waals surface area contributed by atoms with E-state index >= 15 is 0 Å². The summed E-state index contributed by atoms with van der Waals surface area (Å²) in [6.07, 6.45) is 0.741. The van der Waals surface area contributed by atoms with Crippen molar-refractivity contribution in [3.05, 3.63) is 28.8 Å². The van der Waals surface area contributed by atoms with Crippen molar-refractivity contribution in [2.45, 2.75) is 38.1 Å². The van der Waals surface area contributed by atoms with E-state index < -0.39 is 10.0 Å². The molecule has 0 aliphatic heterocycles. The van der Waals surface area contributed by atoms with Crippen molar-refractivity contribution < 1.29 is 8.42 Å². The highest BCUT2D eigenvalue weighted by Gasteiger charge is 2.28. The van der Waals surface area contributed by atoms with Crippen LogP contribution in [0.25, 0.3) is 0 Å². The standard InChI is InChI=1S/C15H21ClN2O2S/c1-4-12(3)18(5-2)21(19,20)15-9-8-13(7-6-10-17)11-14(15)16/h8-9,11-12H,4-5,10,17H2,1-3H3. The Kier molecular flexibility index (Phi) is 6.69. The number of rotatable bonds is 5. The Hall–Kier alpha value is -1.06. The second-order valence-electron chi connectivity index (χ2n) is 4.62. The zero-order chi connectivity index (χ0) is 16.0. The summed E-state index contributed by atoms with van der Waals surface area (Å²) >= 11 is 6.14. The van der Waals surface area contributed by atoms with Gasteiger partial charge in [0.15, 0.2) is 0 Å². The summed E-state index contributed by atoms with van der Waals surface area (Å²) < 4.78 is 26.8. The molecule has 0 aromatic heterocycles. The molecule has 4 nitrogen and oxygen atoms in total. The molecule has 1 rings (SSSR count). The summed E-state index contributed by atoms with van der Waals surface area (Å²) in [5.41, 5.74) is 5.96. The molecular formula is C15H21ClN2O2S. The molecule has 0 amide bonds. The minimum atomic E-state index is -3.60. The molecule has 1 aromatic carbocycles. The summed E-state index contributed by atoms with van der Waals surface area (Å²) in [6.45, 7) is 6.31. The number of nitrogens with zero attached hydrogens (tertiary/aromatic N) is 1. The molecule has 0 spiro atoms. The first-order valence-electron chi connectivity index (χ1n) is 6.88. The predicted molar refractivity (Wildman–Crippen MR) is 86.7 cm³/mol. The van der Waals surface area contributed by atoms with Gasteiger partial charge in [-0.1, -0.05) is 37.3 Å². The van der Waals surface area contributed by atoms with Gasteiger partial charge in [-0.3, -0.25) is 0 Å². The monoisotopic (exact) mass is 328 g/mol. The highest BCUT2D eigenvalue weighted by Crippen LogP contribution is 2.27. The molecular weight excluding hydrogens is 308 g/mol. The first-order valence-corrected chi connectivity index (χ1v) is 8.70. The molecule has 21 heavy (non-hydrogen) atoms. The van der Waals surface area contributed by atoms with E-state index in [1.165, 1.54) is 10.4 Å². The van der Waals surface area contributed by atoms with Crippen LogP contribution in [0.5, 0.6) is 0 Å². The van der Waals surface area contributed by atoms with Gasteiger partial charge in [0.2, 0.25) is 10.0 Å². The third-order valence-corrected chi connectivity index (χ3v) is 5.82. The summed E-state index contributed by atoms with van der Waals surface area (Å²) in [5, 5.41) is 0.181. The molecule has 0 radical (unpaired) electrons. The SMILES string of the molecule is CCC(C)N(CC)S(=O)(=O)c1ccc(C#CCN)cc1Cl. The van der Waals surface area contributed by atoms with Gasteiger partial charge in [0.1, 0.15) is 4.90 Å². The van der Waals surface area contributed by atoms with Gasteiger partial charge in [0, 0.05) is 18.2 Å². The fourth-order valence-corrected chi connectivity index (χ4v) is 4.22. The molecule has 0 saturated heterocycles. The molecule has 0 heterocycles. The van der Waals surface area contributed by atoms with Crippen molar-refractivity contribution in [2.75, 3.05) is 13.1 Å². The molecule has 1 aromatic rings. The van der Waals surface area contributed by atoms with Gasteiger partial charge >= 0.3 is 0 Å². The molecule has 0 fully saturated rings. The van der Waals surface area contributed by atoms with E-state index in [0.29, 0.717) is 12.1 Å². The maximum absolute atomic E-state index is 12.7. The zero-order valence-corrected chi connectivity index (χ0v) is 14.1. The van der Waals surface area contributed by atoms with Gasteiger partial charge < -0.3 is 5.73 Å². The third-order valence-electron chi connectivity index (χ3n) is 3.25. The van der Waals surface area contributed by atoms with E-state index in [1.54, 1.807) is 12.1 Å². The normalized spacial score (nSPS) is 12.9. The Balaban J connectivity index is 3.26. The largest absolute Gasteiger partial charge is 0.320 e. The summed E-state index contributed by atoms with van der Waals surface area (Å²) in [7, 11) is -3.60. The molecule has 0 bridgehead atoms. The topological polar surface area (TPSA) is 63.4 Å². The lowest BCUT2D eigenvalue weighted by molar-refractivity contribution is 0.342. The Bertz CT molecular complexity index is 647. The summed E-state index contributed by atoms with van der Waals surface area (Å²) in [6, 6.07) is 4.63. The van der Waals surface area contributed by atoms with Crippen LogP contribution in [0.2, 0.25) is 5.02 Å². The van der Waals surface area contributed by atoms with E-state index in [-0.39, 0.29) is 22.5 Å². The molecule has 1 atom stereocenters. The first-order chi connectivity index (χ1) is 9.88. The Morgan fingerprint density at radius 1 is 1.38 bits per heavy atom. The van der Waals surface area contributed by atoms with Crippen molar-refractivity contribution in [3.8, 4) is 11.8 Å². The number of halogens is 1. The second kappa shape index (κ2) is 7.81. The molecule has 0 saturated carbocycles. The Morgan fingerprint density at radius 2 is 2.05 bits per heavy atom. The lowest BCUT2D eigenvalue weighted by Gasteiger charge is -2.26. The van der Waals surface area contributed by atoms with Gasteiger partial charge in [0.05, 0.1) is 11.6 Å². The van der Waals surface area contributed by atoms with E-state index in [1.807, 2.05) is 20.8 Å². The van der Waals surface area contributed by atoms with Crippen LogP contribution >= 0.6 is 11.6 Å². The van der Waals surface area contributed by atoms with Gasteiger partial charge in [-0.25, -0.2) is 8.42 Å². The summed E-state index contributed by atoms with van der Waals surface area (Å²) in [4.78, 5) is 0.115. The third kappa shape index (κ3) is 4.21. The minimum absolute atomic E-state index is 0.0761. The number of nitrogens with two attached hydrogens (primary N) is 1. The van der Waals surface area contributed by atoms with Crippen molar-refractivity contribution in [1.29, 1.82) is 0 Å². The van der Waals surface area contributed by atoms with Gasteiger partial charge in [0.25, 0.3) is 0 Å². The lowest BCUT2D eigenvalue weighted by Crippen LogP contribution is -2.38. The van der Waals surface area contributed by atoms with Crippen molar-refractivity contribution in [2.24, 2.45) is 5.73 Å². The number of benzene rings is 1. The maximum Gasteiger partial charge on any atom is 0.244 e. The number of hydrogen-bond acceptors (Lipinski definition) is 3. The molecule has 0 aliphatic rings.